The number of hydrogen-bond acceptors (Lipinski definition) is 4. The number of carbonyl (C=O) groups excluding carboxylic acids is 1. The molecule has 2 N–H and O–H groups in total. The van der Waals surface area contributed by atoms with E-state index in [1.807, 2.05) is 0 Å². The Morgan fingerprint density at radius 3 is 2.64 bits per heavy atom. The van der Waals surface area contributed by atoms with Crippen molar-refractivity contribution in [1.29, 1.82) is 0 Å². The lowest BCUT2D eigenvalue weighted by Gasteiger charge is -2.03. The van der Waals surface area contributed by atoms with Gasteiger partial charge in [0.15, 0.2) is 0 Å². The first-order valence-corrected chi connectivity index (χ1v) is 4.91. The maximum absolute atomic E-state index is 11.0. The van der Waals surface area contributed by atoms with Crippen LogP contribution in [-0.4, -0.2) is 17.1 Å². The van der Waals surface area contributed by atoms with Crippen LogP contribution in [0.15, 0.2) is 23.1 Å². The number of rotatable bonds is 3. The lowest BCUT2D eigenvalue weighted by molar-refractivity contribution is -0.385. The molecule has 0 heterocycles. The third-order valence-electron chi connectivity index (χ3n) is 1.67. The highest BCUT2D eigenvalue weighted by Crippen LogP contribution is 2.27. The van der Waals surface area contributed by atoms with Crippen molar-refractivity contribution in [3.05, 3.63) is 33.9 Å². The first-order chi connectivity index (χ1) is 6.57. The van der Waals surface area contributed by atoms with E-state index in [-0.39, 0.29) is 11.3 Å². The van der Waals surface area contributed by atoms with Crippen molar-refractivity contribution in [2.45, 2.75) is 4.90 Å². The summed E-state index contributed by atoms with van der Waals surface area (Å²) in [5.41, 5.74) is 4.80. The monoisotopic (exact) mass is 212 g/mol. The Morgan fingerprint density at radius 2 is 2.21 bits per heavy atom. The van der Waals surface area contributed by atoms with Crippen molar-refractivity contribution < 1.29 is 9.72 Å². The summed E-state index contributed by atoms with van der Waals surface area (Å²) < 4.78 is 0. The maximum Gasteiger partial charge on any atom is 0.283 e. The lowest BCUT2D eigenvalue weighted by Crippen LogP contribution is -2.14. The first-order valence-electron chi connectivity index (χ1n) is 3.69. The van der Waals surface area contributed by atoms with Crippen LogP contribution in [0.25, 0.3) is 0 Å². The third kappa shape index (κ3) is 1.85. The van der Waals surface area contributed by atoms with Crippen LogP contribution < -0.4 is 5.73 Å². The minimum Gasteiger partial charge on any atom is -0.365 e. The van der Waals surface area contributed by atoms with Gasteiger partial charge in [-0.2, -0.15) is 0 Å². The van der Waals surface area contributed by atoms with Gasteiger partial charge in [0.2, 0.25) is 0 Å². The van der Waals surface area contributed by atoms with Gasteiger partial charge in [-0.3, -0.25) is 14.9 Å². The molecule has 0 fully saturated rings. The van der Waals surface area contributed by atoms with Crippen LogP contribution >= 0.6 is 11.8 Å². The zero-order chi connectivity index (χ0) is 10.7. The van der Waals surface area contributed by atoms with E-state index in [1.54, 1.807) is 12.3 Å². The maximum atomic E-state index is 11.0. The van der Waals surface area contributed by atoms with Gasteiger partial charge in [0.25, 0.3) is 11.6 Å². The molecule has 74 valence electrons. The predicted octanol–water partition coefficient (Wildman–Crippen LogP) is 1.42. The van der Waals surface area contributed by atoms with E-state index in [4.69, 9.17) is 5.73 Å². The first kappa shape index (κ1) is 10.5. The summed E-state index contributed by atoms with van der Waals surface area (Å²) >= 11 is 1.25. The highest BCUT2D eigenvalue weighted by Gasteiger charge is 2.21. The molecule has 0 aliphatic carbocycles. The average Bonchev–Trinajstić information content (AvgIpc) is 2.16. The summed E-state index contributed by atoms with van der Waals surface area (Å²) in [5, 5.41) is 10.6. The SMILES string of the molecule is CSc1cccc([N+](=O)[O-])c1C(N)=O. The summed E-state index contributed by atoms with van der Waals surface area (Å²) in [6, 6.07) is 4.41. The van der Waals surface area contributed by atoms with Gasteiger partial charge in [-0.25, -0.2) is 0 Å². The largest absolute Gasteiger partial charge is 0.365 e. The van der Waals surface area contributed by atoms with Gasteiger partial charge in [0.05, 0.1) is 4.92 Å². The molecule has 0 atom stereocenters. The molecular formula is C8H8N2O3S. The second kappa shape index (κ2) is 4.10. The Balaban J connectivity index is 3.43. The van der Waals surface area contributed by atoms with E-state index >= 15 is 0 Å². The molecule has 6 heteroatoms. The van der Waals surface area contributed by atoms with E-state index in [0.717, 1.165) is 0 Å². The van der Waals surface area contributed by atoms with E-state index in [0.29, 0.717) is 4.90 Å². The smallest absolute Gasteiger partial charge is 0.283 e. The number of hydrogen-bond donors (Lipinski definition) is 1. The topological polar surface area (TPSA) is 86.2 Å². The number of nitro benzene ring substituents is 1. The summed E-state index contributed by atoms with van der Waals surface area (Å²) in [6.45, 7) is 0. The van der Waals surface area contributed by atoms with E-state index in [9.17, 15) is 14.9 Å². The molecule has 0 bridgehead atoms. The molecule has 1 aromatic rings. The second-order valence-electron chi connectivity index (χ2n) is 2.48. The van der Waals surface area contributed by atoms with Crippen LogP contribution in [0.1, 0.15) is 10.4 Å². The predicted molar refractivity (Wildman–Crippen MR) is 53.4 cm³/mol. The van der Waals surface area contributed by atoms with Crippen LogP contribution in [0.4, 0.5) is 5.69 Å². The molecule has 14 heavy (non-hydrogen) atoms. The van der Waals surface area contributed by atoms with E-state index in [2.05, 4.69) is 0 Å². The van der Waals surface area contributed by atoms with Crippen LogP contribution in [-0.2, 0) is 0 Å². The summed E-state index contributed by atoms with van der Waals surface area (Å²) in [6.07, 6.45) is 1.73. The standard InChI is InChI=1S/C8H8N2O3S/c1-14-6-4-2-3-5(10(12)13)7(6)8(9)11/h2-4H,1H3,(H2,9,11). The molecule has 0 aliphatic rings. The summed E-state index contributed by atoms with van der Waals surface area (Å²) in [4.78, 5) is 21.5. The number of amides is 1. The quantitative estimate of drug-likeness (QED) is 0.466. The van der Waals surface area contributed by atoms with Gasteiger partial charge in [0.1, 0.15) is 5.56 Å². The molecule has 0 aliphatic heterocycles. The zero-order valence-corrected chi connectivity index (χ0v) is 8.21. The van der Waals surface area contributed by atoms with Gasteiger partial charge >= 0.3 is 0 Å². The molecule has 0 aromatic heterocycles. The molecule has 0 radical (unpaired) electrons. The minimum absolute atomic E-state index is 0.0231. The molecule has 1 rings (SSSR count). The molecule has 1 amide bonds. The number of nitrogens with two attached hydrogens (primary N) is 1. The van der Waals surface area contributed by atoms with Gasteiger partial charge in [-0.1, -0.05) is 6.07 Å². The second-order valence-corrected chi connectivity index (χ2v) is 3.32. The fourth-order valence-electron chi connectivity index (χ4n) is 1.09. The van der Waals surface area contributed by atoms with Gasteiger partial charge < -0.3 is 5.73 Å². The third-order valence-corrected chi connectivity index (χ3v) is 2.45. The van der Waals surface area contributed by atoms with Gasteiger partial charge in [0, 0.05) is 11.0 Å². The van der Waals surface area contributed by atoms with Gasteiger partial charge in [-0.05, 0) is 12.3 Å². The minimum atomic E-state index is -0.776. The van der Waals surface area contributed by atoms with E-state index < -0.39 is 10.8 Å². The van der Waals surface area contributed by atoms with Crippen molar-refractivity contribution in [3.8, 4) is 0 Å². The van der Waals surface area contributed by atoms with Crippen molar-refractivity contribution in [2.24, 2.45) is 5.73 Å². The molecular weight excluding hydrogens is 204 g/mol. The molecule has 0 saturated carbocycles. The fourth-order valence-corrected chi connectivity index (χ4v) is 1.71. The van der Waals surface area contributed by atoms with Crippen LogP contribution in [0.5, 0.6) is 0 Å². The number of carbonyl (C=O) groups is 1. The fraction of sp³-hybridized carbons (Fsp3) is 0.125. The highest BCUT2D eigenvalue weighted by atomic mass is 32.2. The normalized spacial score (nSPS) is 9.79. The van der Waals surface area contributed by atoms with Crippen LogP contribution in [0.2, 0.25) is 0 Å². The number of primary amides is 1. The zero-order valence-electron chi connectivity index (χ0n) is 7.39. The van der Waals surface area contributed by atoms with E-state index in [1.165, 1.54) is 23.9 Å². The lowest BCUT2D eigenvalue weighted by atomic mass is 10.2. The van der Waals surface area contributed by atoms with Crippen molar-refractivity contribution in [1.82, 2.24) is 0 Å². The molecule has 0 unspecified atom stereocenters. The molecule has 5 nitrogen and oxygen atoms in total. The molecule has 0 saturated heterocycles. The van der Waals surface area contributed by atoms with Crippen LogP contribution in [0.3, 0.4) is 0 Å². The Bertz CT molecular complexity index is 392. The Labute approximate surface area is 84.4 Å². The van der Waals surface area contributed by atoms with Crippen LogP contribution in [0, 0.1) is 10.1 Å². The number of benzene rings is 1. The molecule has 0 spiro atoms. The number of nitrogens with zero attached hydrogens (tertiary/aromatic N) is 1. The number of thioether (sulfide) groups is 1. The molecule has 1 aromatic carbocycles. The highest BCUT2D eigenvalue weighted by molar-refractivity contribution is 7.98. The summed E-state index contributed by atoms with van der Waals surface area (Å²) in [7, 11) is 0. The Kier molecular flexibility index (Phi) is 3.08. The number of nitro groups is 1. The van der Waals surface area contributed by atoms with Crippen molar-refractivity contribution in [2.75, 3.05) is 6.26 Å². The Hall–Kier alpha value is -1.56. The summed E-state index contributed by atoms with van der Waals surface area (Å²) in [5.74, 6) is -0.776. The Morgan fingerprint density at radius 1 is 1.57 bits per heavy atom. The van der Waals surface area contributed by atoms with Crippen molar-refractivity contribution in [3.63, 3.8) is 0 Å². The van der Waals surface area contributed by atoms with Crippen molar-refractivity contribution >= 4 is 23.4 Å². The average molecular weight is 212 g/mol. The van der Waals surface area contributed by atoms with Gasteiger partial charge in [-0.15, -0.1) is 11.8 Å².